The molecule has 0 aromatic carbocycles. The van der Waals surface area contributed by atoms with Crippen LogP contribution in [0.25, 0.3) is 0 Å². The monoisotopic (exact) mass is 222 g/mol. The highest BCUT2D eigenvalue weighted by molar-refractivity contribution is 5.89. The van der Waals surface area contributed by atoms with Gasteiger partial charge in [-0.3, -0.25) is 0 Å². The maximum Gasteiger partial charge on any atom is 0.337 e. The molecule has 0 radical (unpaired) electrons. The Kier molecular flexibility index (Phi) is 4.83. The summed E-state index contributed by atoms with van der Waals surface area (Å²) in [5, 5.41) is 0. The molecule has 1 atom stereocenters. The Labute approximate surface area is 96.4 Å². The van der Waals surface area contributed by atoms with E-state index < -0.39 is 0 Å². The van der Waals surface area contributed by atoms with Crippen molar-refractivity contribution >= 4 is 5.97 Å². The molecule has 3 heteroatoms. The van der Waals surface area contributed by atoms with Gasteiger partial charge >= 0.3 is 5.97 Å². The molecule has 1 heterocycles. The molecule has 0 aromatic rings. The Morgan fingerprint density at radius 3 is 2.94 bits per heavy atom. The molecule has 0 amide bonds. The standard InChI is InChI=1S/C13H18O3/c1-4-7-8-12-11(13(14)15-6-3)9-10(5-2)16-12/h4-5,10H,1-2,6-9H2,3H3. The van der Waals surface area contributed by atoms with Gasteiger partial charge in [0.1, 0.15) is 11.9 Å². The van der Waals surface area contributed by atoms with Gasteiger partial charge in [0.2, 0.25) is 0 Å². The van der Waals surface area contributed by atoms with Crippen molar-refractivity contribution in [2.24, 2.45) is 0 Å². The smallest absolute Gasteiger partial charge is 0.337 e. The van der Waals surface area contributed by atoms with Gasteiger partial charge in [0.05, 0.1) is 12.2 Å². The quantitative estimate of drug-likeness (QED) is 0.512. The topological polar surface area (TPSA) is 35.5 Å². The molecule has 1 rings (SSSR count). The molecule has 1 aliphatic rings. The van der Waals surface area contributed by atoms with E-state index in [1.54, 1.807) is 19.1 Å². The number of rotatable bonds is 6. The predicted octanol–water partition coefficient (Wildman–Crippen LogP) is 2.74. The molecule has 88 valence electrons. The number of hydrogen-bond donors (Lipinski definition) is 0. The first-order valence-corrected chi connectivity index (χ1v) is 5.52. The SMILES string of the molecule is C=CCCC1=C(C(=O)OCC)CC(C=C)O1. The molecule has 0 spiro atoms. The van der Waals surface area contributed by atoms with E-state index in [-0.39, 0.29) is 12.1 Å². The highest BCUT2D eigenvalue weighted by Gasteiger charge is 2.28. The van der Waals surface area contributed by atoms with E-state index in [1.165, 1.54) is 0 Å². The molecule has 0 saturated heterocycles. The maximum absolute atomic E-state index is 11.7. The molecule has 0 fully saturated rings. The van der Waals surface area contributed by atoms with Gasteiger partial charge in [0, 0.05) is 12.8 Å². The Hall–Kier alpha value is -1.51. The van der Waals surface area contributed by atoms with Gasteiger partial charge in [-0.05, 0) is 13.3 Å². The van der Waals surface area contributed by atoms with Gasteiger partial charge in [-0.25, -0.2) is 4.79 Å². The van der Waals surface area contributed by atoms with Crippen molar-refractivity contribution in [1.82, 2.24) is 0 Å². The summed E-state index contributed by atoms with van der Waals surface area (Å²) < 4.78 is 10.6. The van der Waals surface area contributed by atoms with Gasteiger partial charge < -0.3 is 9.47 Å². The molecule has 0 aromatic heterocycles. The number of carbonyl (C=O) groups excluding carboxylic acids is 1. The molecule has 0 bridgehead atoms. The average Bonchev–Trinajstić information content (AvgIpc) is 2.70. The zero-order valence-electron chi connectivity index (χ0n) is 9.70. The van der Waals surface area contributed by atoms with Crippen LogP contribution in [0.3, 0.4) is 0 Å². The van der Waals surface area contributed by atoms with Crippen LogP contribution in [-0.2, 0) is 14.3 Å². The maximum atomic E-state index is 11.7. The van der Waals surface area contributed by atoms with Crippen LogP contribution in [0.2, 0.25) is 0 Å². The highest BCUT2D eigenvalue weighted by atomic mass is 16.5. The van der Waals surface area contributed by atoms with Crippen LogP contribution in [0, 0.1) is 0 Å². The van der Waals surface area contributed by atoms with E-state index in [2.05, 4.69) is 13.2 Å². The minimum absolute atomic E-state index is 0.0979. The van der Waals surface area contributed by atoms with Crippen molar-refractivity contribution in [3.63, 3.8) is 0 Å². The third-order valence-electron chi connectivity index (χ3n) is 2.40. The summed E-state index contributed by atoms with van der Waals surface area (Å²) in [6.07, 6.45) is 5.47. The molecule has 0 saturated carbocycles. The lowest BCUT2D eigenvalue weighted by molar-refractivity contribution is -0.138. The van der Waals surface area contributed by atoms with Crippen LogP contribution >= 0.6 is 0 Å². The second-order valence-electron chi connectivity index (χ2n) is 3.55. The first kappa shape index (κ1) is 12.6. The van der Waals surface area contributed by atoms with Crippen molar-refractivity contribution in [1.29, 1.82) is 0 Å². The fourth-order valence-corrected chi connectivity index (χ4v) is 1.60. The van der Waals surface area contributed by atoms with Crippen molar-refractivity contribution in [3.05, 3.63) is 36.6 Å². The van der Waals surface area contributed by atoms with E-state index >= 15 is 0 Å². The number of allylic oxidation sites excluding steroid dienone is 2. The molecule has 0 aliphatic carbocycles. The third kappa shape index (κ3) is 2.99. The van der Waals surface area contributed by atoms with Crippen LogP contribution in [0.15, 0.2) is 36.6 Å². The lowest BCUT2D eigenvalue weighted by Gasteiger charge is -2.07. The van der Waals surface area contributed by atoms with Crippen molar-refractivity contribution in [2.45, 2.75) is 32.3 Å². The number of ether oxygens (including phenoxy) is 2. The van der Waals surface area contributed by atoms with Gasteiger partial charge in [-0.2, -0.15) is 0 Å². The summed E-state index contributed by atoms with van der Waals surface area (Å²) in [5.41, 5.74) is 0.647. The van der Waals surface area contributed by atoms with Crippen LogP contribution in [-0.4, -0.2) is 18.7 Å². The number of carbonyl (C=O) groups is 1. The van der Waals surface area contributed by atoms with Crippen molar-refractivity contribution in [2.75, 3.05) is 6.61 Å². The molecular formula is C13H18O3. The predicted molar refractivity (Wildman–Crippen MR) is 62.8 cm³/mol. The van der Waals surface area contributed by atoms with Crippen LogP contribution in [0.1, 0.15) is 26.2 Å². The van der Waals surface area contributed by atoms with E-state index in [0.717, 1.165) is 12.2 Å². The van der Waals surface area contributed by atoms with E-state index in [9.17, 15) is 4.79 Å². The van der Waals surface area contributed by atoms with Crippen molar-refractivity contribution < 1.29 is 14.3 Å². The fourth-order valence-electron chi connectivity index (χ4n) is 1.60. The van der Waals surface area contributed by atoms with E-state index in [1.807, 2.05) is 0 Å². The first-order chi connectivity index (χ1) is 7.72. The molecule has 16 heavy (non-hydrogen) atoms. The molecule has 3 nitrogen and oxygen atoms in total. The Balaban J connectivity index is 2.74. The minimum Gasteiger partial charge on any atom is -0.490 e. The van der Waals surface area contributed by atoms with Gasteiger partial charge in [0.15, 0.2) is 0 Å². The summed E-state index contributed by atoms with van der Waals surface area (Å²) >= 11 is 0. The van der Waals surface area contributed by atoms with Gasteiger partial charge in [-0.1, -0.05) is 18.7 Å². The van der Waals surface area contributed by atoms with Crippen LogP contribution < -0.4 is 0 Å². The highest BCUT2D eigenvalue weighted by Crippen LogP contribution is 2.29. The Morgan fingerprint density at radius 2 is 2.38 bits per heavy atom. The Bertz CT molecular complexity index is 315. The second-order valence-corrected chi connectivity index (χ2v) is 3.55. The normalized spacial score (nSPS) is 19.2. The number of hydrogen-bond acceptors (Lipinski definition) is 3. The van der Waals surface area contributed by atoms with Gasteiger partial charge in [-0.15, -0.1) is 6.58 Å². The van der Waals surface area contributed by atoms with E-state index in [4.69, 9.17) is 9.47 Å². The molecule has 1 aliphatic heterocycles. The zero-order chi connectivity index (χ0) is 12.0. The average molecular weight is 222 g/mol. The second kappa shape index (κ2) is 6.16. The van der Waals surface area contributed by atoms with Crippen LogP contribution in [0.5, 0.6) is 0 Å². The summed E-state index contributed by atoms with van der Waals surface area (Å²) in [6, 6.07) is 0. The van der Waals surface area contributed by atoms with Crippen molar-refractivity contribution in [3.8, 4) is 0 Å². The molecule has 0 N–H and O–H groups in total. The Morgan fingerprint density at radius 1 is 1.62 bits per heavy atom. The largest absolute Gasteiger partial charge is 0.490 e. The van der Waals surface area contributed by atoms with E-state index in [0.29, 0.717) is 25.0 Å². The summed E-state index contributed by atoms with van der Waals surface area (Å²) in [4.78, 5) is 11.7. The summed E-state index contributed by atoms with van der Waals surface area (Å²) in [7, 11) is 0. The first-order valence-electron chi connectivity index (χ1n) is 5.52. The summed E-state index contributed by atoms with van der Waals surface area (Å²) in [5.74, 6) is 0.453. The lowest BCUT2D eigenvalue weighted by atomic mass is 10.1. The van der Waals surface area contributed by atoms with Crippen LogP contribution in [0.4, 0.5) is 0 Å². The third-order valence-corrected chi connectivity index (χ3v) is 2.40. The molecular weight excluding hydrogens is 204 g/mol. The summed E-state index contributed by atoms with van der Waals surface area (Å²) in [6.45, 7) is 9.50. The number of esters is 1. The fraction of sp³-hybridized carbons (Fsp3) is 0.462. The lowest BCUT2D eigenvalue weighted by Crippen LogP contribution is -2.08. The molecule has 1 unspecified atom stereocenters. The van der Waals surface area contributed by atoms with Gasteiger partial charge in [0.25, 0.3) is 0 Å². The zero-order valence-corrected chi connectivity index (χ0v) is 9.70. The minimum atomic E-state index is -0.272.